The fraction of sp³-hybridized carbons (Fsp3) is 0.611. The van der Waals surface area contributed by atoms with Crippen LogP contribution in [0.1, 0.15) is 74.7 Å². The second kappa shape index (κ2) is 5.80. The van der Waals surface area contributed by atoms with Crippen LogP contribution in [-0.4, -0.2) is 11.0 Å². The van der Waals surface area contributed by atoms with Crippen molar-refractivity contribution in [3.05, 3.63) is 28.8 Å². The Balaban J connectivity index is 1.94. The molecule has 1 aromatic rings. The highest BCUT2D eigenvalue weighted by molar-refractivity contribution is 6.03. The minimum Gasteiger partial charge on any atom is -0.388 e. The molecule has 114 valence electrons. The number of fused-ring (bicyclic) bond motifs is 1. The van der Waals surface area contributed by atoms with E-state index in [1.807, 2.05) is 6.92 Å². The largest absolute Gasteiger partial charge is 0.388 e. The highest BCUT2D eigenvalue weighted by Gasteiger charge is 2.31. The maximum Gasteiger partial charge on any atom is 0.231 e. The Hall–Kier alpha value is -1.35. The molecule has 2 aliphatic rings. The van der Waals surface area contributed by atoms with Crippen molar-refractivity contribution in [3.8, 4) is 0 Å². The van der Waals surface area contributed by atoms with Gasteiger partial charge in [-0.1, -0.05) is 38.3 Å². The topological polar surface area (TPSA) is 49.3 Å². The van der Waals surface area contributed by atoms with Crippen LogP contribution in [0.15, 0.2) is 12.1 Å². The van der Waals surface area contributed by atoms with Gasteiger partial charge in [0.2, 0.25) is 5.91 Å². The number of rotatable bonds is 3. The molecule has 1 heterocycles. The van der Waals surface area contributed by atoms with Crippen molar-refractivity contribution < 1.29 is 9.90 Å². The fourth-order valence-electron chi connectivity index (χ4n) is 3.79. The summed E-state index contributed by atoms with van der Waals surface area (Å²) >= 11 is 0. The van der Waals surface area contributed by atoms with Crippen LogP contribution in [0, 0.1) is 5.92 Å². The zero-order valence-electron chi connectivity index (χ0n) is 13.0. The highest BCUT2D eigenvalue weighted by atomic mass is 16.3. The Morgan fingerprint density at radius 1 is 1.29 bits per heavy atom. The molecule has 21 heavy (non-hydrogen) atoms. The van der Waals surface area contributed by atoms with E-state index >= 15 is 0 Å². The van der Waals surface area contributed by atoms with Gasteiger partial charge >= 0.3 is 0 Å². The van der Waals surface area contributed by atoms with Gasteiger partial charge in [0.1, 0.15) is 0 Å². The molecule has 1 fully saturated rings. The summed E-state index contributed by atoms with van der Waals surface area (Å²) in [6, 6.07) is 4.15. The van der Waals surface area contributed by atoms with Gasteiger partial charge in [0.05, 0.1) is 12.0 Å². The zero-order valence-corrected chi connectivity index (χ0v) is 13.0. The Labute approximate surface area is 126 Å². The molecular weight excluding hydrogens is 262 g/mol. The van der Waals surface area contributed by atoms with Gasteiger partial charge in [0.25, 0.3) is 0 Å². The predicted octanol–water partition coefficient (Wildman–Crippen LogP) is 3.92. The minimum atomic E-state index is -0.385. The highest BCUT2D eigenvalue weighted by Crippen LogP contribution is 2.40. The molecule has 0 aromatic heterocycles. The van der Waals surface area contributed by atoms with Gasteiger partial charge in [-0.15, -0.1) is 0 Å². The average Bonchev–Trinajstić information content (AvgIpc) is 2.82. The van der Waals surface area contributed by atoms with Gasteiger partial charge in [-0.05, 0) is 48.8 Å². The van der Waals surface area contributed by atoms with E-state index in [4.69, 9.17) is 0 Å². The lowest BCUT2D eigenvalue weighted by molar-refractivity contribution is -0.116. The minimum absolute atomic E-state index is 0.0732. The number of amides is 1. The lowest BCUT2D eigenvalue weighted by Crippen LogP contribution is -2.16. The van der Waals surface area contributed by atoms with Crippen molar-refractivity contribution >= 4 is 11.6 Å². The predicted molar refractivity (Wildman–Crippen MR) is 84.4 cm³/mol. The van der Waals surface area contributed by atoms with Crippen LogP contribution in [-0.2, 0) is 11.2 Å². The summed E-state index contributed by atoms with van der Waals surface area (Å²) in [5, 5.41) is 13.7. The number of carbonyl (C=O) groups excluding carboxylic acids is 1. The zero-order chi connectivity index (χ0) is 15.0. The maximum absolute atomic E-state index is 11.9. The molecule has 3 rings (SSSR count). The molecule has 3 nitrogen and oxygen atoms in total. The van der Waals surface area contributed by atoms with Crippen LogP contribution in [0.5, 0.6) is 0 Å². The fourth-order valence-corrected chi connectivity index (χ4v) is 3.79. The molecule has 1 aromatic carbocycles. The third-order valence-electron chi connectivity index (χ3n) is 5.20. The van der Waals surface area contributed by atoms with E-state index in [9.17, 15) is 9.90 Å². The van der Waals surface area contributed by atoms with Gasteiger partial charge in [0, 0.05) is 5.69 Å². The molecule has 1 amide bonds. The van der Waals surface area contributed by atoms with E-state index in [2.05, 4.69) is 24.4 Å². The van der Waals surface area contributed by atoms with Crippen LogP contribution in [0.25, 0.3) is 0 Å². The SMILES string of the molecule is CCc1cc(C(O)C2CCCCC2)cc2c1NC(=O)C2C. The second-order valence-electron chi connectivity index (χ2n) is 6.55. The monoisotopic (exact) mass is 287 g/mol. The van der Waals surface area contributed by atoms with Crippen LogP contribution >= 0.6 is 0 Å². The van der Waals surface area contributed by atoms with Crippen LogP contribution < -0.4 is 5.32 Å². The summed E-state index contributed by atoms with van der Waals surface area (Å²) in [6.07, 6.45) is 6.47. The summed E-state index contributed by atoms with van der Waals surface area (Å²) in [4.78, 5) is 11.9. The molecule has 2 N–H and O–H groups in total. The standard InChI is InChI=1S/C18H25NO2/c1-3-12-9-14(17(20)13-7-5-4-6-8-13)10-15-11(2)18(21)19-16(12)15/h9-11,13,17,20H,3-8H2,1-2H3,(H,19,21). The number of anilines is 1. The summed E-state index contributed by atoms with van der Waals surface area (Å²) in [7, 11) is 0. The van der Waals surface area contributed by atoms with Crippen molar-refractivity contribution in [2.24, 2.45) is 5.92 Å². The Morgan fingerprint density at radius 3 is 2.67 bits per heavy atom. The third-order valence-corrected chi connectivity index (χ3v) is 5.20. The Bertz CT molecular complexity index is 546. The van der Waals surface area contributed by atoms with Gasteiger partial charge in [0.15, 0.2) is 0 Å². The van der Waals surface area contributed by atoms with Gasteiger partial charge in [-0.25, -0.2) is 0 Å². The Kier molecular flexibility index (Phi) is 4.03. The van der Waals surface area contributed by atoms with E-state index in [1.54, 1.807) is 0 Å². The van der Waals surface area contributed by atoms with Crippen molar-refractivity contribution in [2.75, 3.05) is 5.32 Å². The first-order chi connectivity index (χ1) is 10.1. The summed E-state index contributed by atoms with van der Waals surface area (Å²) in [5.41, 5.74) is 4.19. The normalized spacial score (nSPS) is 23.8. The number of hydrogen-bond acceptors (Lipinski definition) is 2. The van der Waals surface area contributed by atoms with Gasteiger partial charge in [-0.3, -0.25) is 4.79 Å². The number of hydrogen-bond donors (Lipinski definition) is 2. The molecule has 2 unspecified atom stereocenters. The van der Waals surface area contributed by atoms with Crippen molar-refractivity contribution in [3.63, 3.8) is 0 Å². The molecule has 3 heteroatoms. The molecule has 2 atom stereocenters. The first-order valence-electron chi connectivity index (χ1n) is 8.27. The number of aryl methyl sites for hydroxylation is 1. The van der Waals surface area contributed by atoms with E-state index in [1.165, 1.54) is 19.3 Å². The Morgan fingerprint density at radius 2 is 2.00 bits per heavy atom. The molecule has 1 aliphatic heterocycles. The number of aliphatic hydroxyl groups is 1. The van der Waals surface area contributed by atoms with Crippen LogP contribution in [0.4, 0.5) is 5.69 Å². The smallest absolute Gasteiger partial charge is 0.231 e. The van der Waals surface area contributed by atoms with Gasteiger partial charge < -0.3 is 10.4 Å². The molecule has 0 saturated heterocycles. The van der Waals surface area contributed by atoms with E-state index in [0.29, 0.717) is 5.92 Å². The summed E-state index contributed by atoms with van der Waals surface area (Å²) in [6.45, 7) is 4.04. The quantitative estimate of drug-likeness (QED) is 0.885. The van der Waals surface area contributed by atoms with Crippen LogP contribution in [0.2, 0.25) is 0 Å². The first kappa shape index (κ1) is 14.6. The van der Waals surface area contributed by atoms with Crippen LogP contribution in [0.3, 0.4) is 0 Å². The summed E-state index contributed by atoms with van der Waals surface area (Å²) < 4.78 is 0. The number of aliphatic hydroxyl groups excluding tert-OH is 1. The molecule has 1 aliphatic carbocycles. The summed E-state index contributed by atoms with van der Waals surface area (Å²) in [5.74, 6) is 0.342. The van der Waals surface area contributed by atoms with Crippen molar-refractivity contribution in [1.29, 1.82) is 0 Å². The second-order valence-corrected chi connectivity index (χ2v) is 6.55. The maximum atomic E-state index is 11.9. The molecule has 0 spiro atoms. The van der Waals surface area contributed by atoms with Gasteiger partial charge in [-0.2, -0.15) is 0 Å². The van der Waals surface area contributed by atoms with E-state index in [-0.39, 0.29) is 17.9 Å². The lowest BCUT2D eigenvalue weighted by atomic mass is 9.81. The van der Waals surface area contributed by atoms with E-state index in [0.717, 1.165) is 41.6 Å². The molecule has 0 radical (unpaired) electrons. The number of nitrogens with one attached hydrogen (secondary N) is 1. The van der Waals surface area contributed by atoms with Crippen molar-refractivity contribution in [2.45, 2.75) is 64.4 Å². The first-order valence-corrected chi connectivity index (χ1v) is 8.27. The number of benzene rings is 1. The lowest BCUT2D eigenvalue weighted by Gasteiger charge is -2.27. The third kappa shape index (κ3) is 2.59. The molecular formula is C18H25NO2. The number of carbonyl (C=O) groups is 1. The molecule has 0 bridgehead atoms. The van der Waals surface area contributed by atoms with Crippen molar-refractivity contribution in [1.82, 2.24) is 0 Å². The molecule has 1 saturated carbocycles. The average molecular weight is 287 g/mol. The van der Waals surface area contributed by atoms with E-state index < -0.39 is 0 Å².